The van der Waals surface area contributed by atoms with Crippen LogP contribution >= 0.6 is 11.3 Å². The smallest absolute Gasteiger partial charge is 0.272 e. The van der Waals surface area contributed by atoms with Crippen LogP contribution in [0, 0.1) is 33.5 Å². The SMILES string of the molecule is Cc1cc(C)c2c(n1)sc1c(=O)n(CC(=O)Nc3ccc(C)c(F)c3)c(C)nc12. The number of halogens is 1. The molecular weight excluding hydrogens is 391 g/mol. The topological polar surface area (TPSA) is 76.9 Å². The van der Waals surface area contributed by atoms with E-state index >= 15 is 0 Å². The van der Waals surface area contributed by atoms with E-state index in [0.717, 1.165) is 21.5 Å². The van der Waals surface area contributed by atoms with Crippen molar-refractivity contribution in [2.45, 2.75) is 34.2 Å². The number of carbonyl (C=O) groups is 1. The molecule has 0 spiro atoms. The highest BCUT2D eigenvalue weighted by Gasteiger charge is 2.18. The molecular formula is C21H19FN4O2S. The number of aromatic nitrogens is 3. The number of hydrogen-bond acceptors (Lipinski definition) is 5. The minimum absolute atomic E-state index is 0.206. The van der Waals surface area contributed by atoms with Crippen molar-refractivity contribution in [1.82, 2.24) is 14.5 Å². The zero-order chi connectivity index (χ0) is 20.9. The van der Waals surface area contributed by atoms with Crippen LogP contribution in [0.25, 0.3) is 20.4 Å². The summed E-state index contributed by atoms with van der Waals surface area (Å²) in [4.78, 5) is 35.4. The number of rotatable bonds is 3. The zero-order valence-corrected chi connectivity index (χ0v) is 17.3. The molecule has 1 aromatic carbocycles. The van der Waals surface area contributed by atoms with E-state index in [2.05, 4.69) is 15.3 Å². The van der Waals surface area contributed by atoms with Gasteiger partial charge in [-0.25, -0.2) is 14.4 Å². The van der Waals surface area contributed by atoms with Crippen LogP contribution in [0.2, 0.25) is 0 Å². The Bertz CT molecular complexity index is 1360. The molecule has 1 N–H and O–H groups in total. The quantitative estimate of drug-likeness (QED) is 0.553. The van der Waals surface area contributed by atoms with Crippen molar-refractivity contribution < 1.29 is 9.18 Å². The average Bonchev–Trinajstić information content (AvgIpc) is 3.00. The minimum Gasteiger partial charge on any atom is -0.324 e. The summed E-state index contributed by atoms with van der Waals surface area (Å²) in [5.41, 5.74) is 3.07. The first kappa shape index (κ1) is 19.2. The Hall–Kier alpha value is -3.13. The van der Waals surface area contributed by atoms with Gasteiger partial charge in [0.1, 0.15) is 27.7 Å². The summed E-state index contributed by atoms with van der Waals surface area (Å²) in [5, 5.41) is 3.51. The number of amides is 1. The number of nitrogens with zero attached hydrogens (tertiary/aromatic N) is 3. The standard InChI is InChI=1S/C21H19FN4O2S/c1-10-5-6-14(8-15(10)22)25-16(27)9-26-13(4)24-18-17-11(2)7-12(3)23-20(17)29-19(18)21(26)28/h5-8H,9H2,1-4H3,(H,25,27). The number of nitrogens with one attached hydrogen (secondary N) is 1. The fourth-order valence-corrected chi connectivity index (χ4v) is 4.55. The summed E-state index contributed by atoms with van der Waals surface area (Å²) in [5.74, 6) is -0.388. The van der Waals surface area contributed by atoms with Gasteiger partial charge in [0.05, 0.1) is 5.52 Å². The maximum absolute atomic E-state index is 13.7. The summed E-state index contributed by atoms with van der Waals surface area (Å²) in [6.07, 6.45) is 0. The zero-order valence-electron chi connectivity index (χ0n) is 16.5. The van der Waals surface area contributed by atoms with Crippen molar-refractivity contribution in [2.75, 3.05) is 5.32 Å². The number of pyridine rings is 1. The molecule has 0 saturated carbocycles. The molecule has 3 aromatic heterocycles. The van der Waals surface area contributed by atoms with Gasteiger partial charge in [-0.15, -0.1) is 11.3 Å². The Kier molecular flexibility index (Phi) is 4.66. The molecule has 6 nitrogen and oxygen atoms in total. The lowest BCUT2D eigenvalue weighted by atomic mass is 10.1. The maximum atomic E-state index is 13.7. The van der Waals surface area contributed by atoms with E-state index in [1.807, 2.05) is 19.9 Å². The van der Waals surface area contributed by atoms with Crippen molar-refractivity contribution in [2.24, 2.45) is 0 Å². The summed E-state index contributed by atoms with van der Waals surface area (Å²) < 4.78 is 15.5. The molecule has 0 aliphatic rings. The first-order chi connectivity index (χ1) is 13.7. The Labute approximate surface area is 170 Å². The number of benzene rings is 1. The molecule has 0 saturated heterocycles. The molecule has 0 aliphatic carbocycles. The van der Waals surface area contributed by atoms with E-state index in [1.165, 1.54) is 22.0 Å². The predicted molar refractivity (Wildman–Crippen MR) is 113 cm³/mol. The summed E-state index contributed by atoms with van der Waals surface area (Å²) in [6.45, 7) is 7.02. The molecule has 3 heterocycles. The summed E-state index contributed by atoms with van der Waals surface area (Å²) in [6, 6.07) is 6.43. The van der Waals surface area contributed by atoms with Gasteiger partial charge in [0.2, 0.25) is 5.91 Å². The van der Waals surface area contributed by atoms with Crippen LogP contribution in [-0.2, 0) is 11.3 Å². The Balaban J connectivity index is 1.73. The van der Waals surface area contributed by atoms with Gasteiger partial charge in [-0.05, 0) is 57.0 Å². The van der Waals surface area contributed by atoms with Crippen LogP contribution in [-0.4, -0.2) is 20.4 Å². The van der Waals surface area contributed by atoms with Gasteiger partial charge in [-0.1, -0.05) is 6.07 Å². The van der Waals surface area contributed by atoms with E-state index in [-0.39, 0.29) is 12.1 Å². The highest BCUT2D eigenvalue weighted by molar-refractivity contribution is 7.25. The van der Waals surface area contributed by atoms with Crippen LogP contribution in [0.4, 0.5) is 10.1 Å². The van der Waals surface area contributed by atoms with Gasteiger partial charge < -0.3 is 5.32 Å². The largest absolute Gasteiger partial charge is 0.324 e. The van der Waals surface area contributed by atoms with Gasteiger partial charge in [0.15, 0.2) is 0 Å². The Morgan fingerprint density at radius 2 is 1.90 bits per heavy atom. The Morgan fingerprint density at radius 1 is 1.14 bits per heavy atom. The maximum Gasteiger partial charge on any atom is 0.272 e. The Morgan fingerprint density at radius 3 is 2.62 bits per heavy atom. The van der Waals surface area contributed by atoms with E-state index in [4.69, 9.17) is 0 Å². The normalized spacial score (nSPS) is 11.3. The molecule has 0 radical (unpaired) electrons. The number of fused-ring (bicyclic) bond motifs is 3. The third kappa shape index (κ3) is 3.40. The molecule has 1 amide bonds. The van der Waals surface area contributed by atoms with Gasteiger partial charge in [0, 0.05) is 16.8 Å². The second-order valence-corrected chi connectivity index (χ2v) is 8.10. The van der Waals surface area contributed by atoms with Crippen molar-refractivity contribution in [1.29, 1.82) is 0 Å². The number of hydrogen-bond donors (Lipinski definition) is 1. The van der Waals surface area contributed by atoms with Crippen LogP contribution in [0.1, 0.15) is 22.6 Å². The molecule has 0 bridgehead atoms. The third-order valence-corrected chi connectivity index (χ3v) is 5.88. The molecule has 8 heteroatoms. The number of anilines is 1. The fraction of sp³-hybridized carbons (Fsp3) is 0.238. The lowest BCUT2D eigenvalue weighted by Gasteiger charge is -2.10. The highest BCUT2D eigenvalue weighted by Crippen LogP contribution is 2.32. The number of carbonyl (C=O) groups excluding carboxylic acids is 1. The molecule has 29 heavy (non-hydrogen) atoms. The lowest BCUT2D eigenvalue weighted by molar-refractivity contribution is -0.116. The van der Waals surface area contributed by atoms with Gasteiger partial charge in [-0.2, -0.15) is 0 Å². The lowest BCUT2D eigenvalue weighted by Crippen LogP contribution is -2.29. The van der Waals surface area contributed by atoms with E-state index in [1.54, 1.807) is 26.0 Å². The molecule has 0 aliphatic heterocycles. The van der Waals surface area contributed by atoms with Gasteiger partial charge >= 0.3 is 0 Å². The van der Waals surface area contributed by atoms with E-state index in [9.17, 15) is 14.0 Å². The second-order valence-electron chi connectivity index (χ2n) is 7.10. The molecule has 4 aromatic rings. The number of thiophene rings is 1. The van der Waals surface area contributed by atoms with Crippen molar-refractivity contribution >= 4 is 43.4 Å². The van der Waals surface area contributed by atoms with Crippen molar-refractivity contribution in [3.05, 3.63) is 63.1 Å². The molecule has 0 fully saturated rings. The van der Waals surface area contributed by atoms with E-state index in [0.29, 0.717) is 27.3 Å². The van der Waals surface area contributed by atoms with Gasteiger partial charge in [0.25, 0.3) is 5.56 Å². The number of aryl methyl sites for hydroxylation is 4. The monoisotopic (exact) mass is 410 g/mol. The van der Waals surface area contributed by atoms with Gasteiger partial charge in [-0.3, -0.25) is 14.2 Å². The minimum atomic E-state index is -0.425. The molecule has 0 atom stereocenters. The second kappa shape index (κ2) is 7.04. The first-order valence-corrected chi connectivity index (χ1v) is 9.90. The highest BCUT2D eigenvalue weighted by atomic mass is 32.1. The predicted octanol–water partition coefficient (Wildman–Crippen LogP) is 4.02. The third-order valence-electron chi connectivity index (χ3n) is 4.82. The van der Waals surface area contributed by atoms with Crippen LogP contribution in [0.15, 0.2) is 29.1 Å². The van der Waals surface area contributed by atoms with Crippen LogP contribution in [0.3, 0.4) is 0 Å². The average molecular weight is 410 g/mol. The van der Waals surface area contributed by atoms with Crippen molar-refractivity contribution in [3.8, 4) is 0 Å². The van der Waals surface area contributed by atoms with Crippen LogP contribution < -0.4 is 10.9 Å². The fourth-order valence-electron chi connectivity index (χ4n) is 3.37. The molecule has 0 unspecified atom stereocenters. The van der Waals surface area contributed by atoms with E-state index < -0.39 is 11.7 Å². The molecule has 4 rings (SSSR count). The van der Waals surface area contributed by atoms with Crippen LogP contribution in [0.5, 0.6) is 0 Å². The first-order valence-electron chi connectivity index (χ1n) is 9.08. The summed E-state index contributed by atoms with van der Waals surface area (Å²) in [7, 11) is 0. The summed E-state index contributed by atoms with van der Waals surface area (Å²) >= 11 is 1.29. The van der Waals surface area contributed by atoms with Crippen molar-refractivity contribution in [3.63, 3.8) is 0 Å². The molecule has 148 valence electrons.